The lowest BCUT2D eigenvalue weighted by Gasteiger charge is -2.26. The van der Waals surface area contributed by atoms with Crippen LogP contribution in [0.5, 0.6) is 0 Å². The van der Waals surface area contributed by atoms with Crippen molar-refractivity contribution in [1.82, 2.24) is 20.9 Å². The molecular weight excluding hydrogens is 432 g/mol. The zero-order chi connectivity index (χ0) is 21.6. The van der Waals surface area contributed by atoms with Crippen molar-refractivity contribution in [3.05, 3.63) is 52.5 Å². The van der Waals surface area contributed by atoms with Crippen LogP contribution in [0.4, 0.5) is 0 Å². The number of carbonyl (C=O) groups is 2. The molecule has 3 heterocycles. The Kier molecular flexibility index (Phi) is 7.08. The number of nitrogens with zero attached hydrogens (tertiary/aromatic N) is 1. The van der Waals surface area contributed by atoms with E-state index in [9.17, 15) is 9.59 Å². The molecule has 9 heteroatoms. The van der Waals surface area contributed by atoms with Crippen molar-refractivity contribution in [3.63, 3.8) is 0 Å². The van der Waals surface area contributed by atoms with Gasteiger partial charge in [0.1, 0.15) is 5.70 Å². The van der Waals surface area contributed by atoms with Gasteiger partial charge in [0.25, 0.3) is 11.8 Å². The second-order valence-corrected chi connectivity index (χ2v) is 8.83. The smallest absolute Gasteiger partial charge is 0.273 e. The van der Waals surface area contributed by atoms with Gasteiger partial charge in [0.05, 0.1) is 13.2 Å². The number of carbonyl (C=O) groups excluding carboxylic acids is 2. The lowest BCUT2D eigenvalue weighted by molar-refractivity contribution is -0.115. The van der Waals surface area contributed by atoms with Crippen LogP contribution in [-0.2, 0) is 9.53 Å². The number of hydrogen-bond donors (Lipinski definition) is 3. The molecule has 1 aromatic carbocycles. The molecule has 0 atom stereocenters. The van der Waals surface area contributed by atoms with Crippen molar-refractivity contribution < 1.29 is 14.3 Å². The van der Waals surface area contributed by atoms with E-state index in [0.717, 1.165) is 54.6 Å². The second-order valence-electron chi connectivity index (χ2n) is 7.31. The van der Waals surface area contributed by atoms with Gasteiger partial charge in [0.2, 0.25) is 0 Å². The van der Waals surface area contributed by atoms with Crippen molar-refractivity contribution in [2.75, 3.05) is 39.4 Å². The summed E-state index contributed by atoms with van der Waals surface area (Å²) in [7, 11) is 0. The van der Waals surface area contributed by atoms with Crippen LogP contribution in [0.3, 0.4) is 0 Å². The van der Waals surface area contributed by atoms with E-state index >= 15 is 0 Å². The summed E-state index contributed by atoms with van der Waals surface area (Å²) in [5.74, 6) is -0.278. The molecule has 0 saturated carbocycles. The summed E-state index contributed by atoms with van der Waals surface area (Å²) in [4.78, 5) is 28.5. The minimum absolute atomic E-state index is 0.0561. The summed E-state index contributed by atoms with van der Waals surface area (Å²) in [6.07, 6.45) is 2.70. The lowest BCUT2D eigenvalue weighted by Crippen LogP contribution is -2.38. The summed E-state index contributed by atoms with van der Waals surface area (Å²) < 4.78 is 5.35. The van der Waals surface area contributed by atoms with Gasteiger partial charge in [-0.1, -0.05) is 12.1 Å². The predicted octanol–water partition coefficient (Wildman–Crippen LogP) is 2.21. The number of thiophene rings is 1. The van der Waals surface area contributed by atoms with Gasteiger partial charge in [0, 0.05) is 35.0 Å². The zero-order valence-corrected chi connectivity index (χ0v) is 18.6. The SMILES string of the molecule is O=C1NC(=S)NC1=Cc1ccc(-c2ccc(C(=O)NCCCN3CCOCC3)cc2)s1. The number of amides is 2. The largest absolute Gasteiger partial charge is 0.379 e. The summed E-state index contributed by atoms with van der Waals surface area (Å²) >= 11 is 6.51. The minimum Gasteiger partial charge on any atom is -0.379 e. The monoisotopic (exact) mass is 456 g/mol. The molecular formula is C22H24N4O3S2. The third kappa shape index (κ3) is 5.76. The maximum Gasteiger partial charge on any atom is 0.273 e. The normalized spacial score (nSPS) is 18.1. The molecule has 2 aliphatic heterocycles. The van der Waals surface area contributed by atoms with E-state index < -0.39 is 0 Å². The van der Waals surface area contributed by atoms with Crippen LogP contribution in [-0.4, -0.2) is 61.2 Å². The molecule has 2 aromatic rings. The molecule has 3 N–H and O–H groups in total. The molecule has 2 amide bonds. The average Bonchev–Trinajstić information content (AvgIpc) is 3.38. The Morgan fingerprint density at radius 2 is 1.94 bits per heavy atom. The molecule has 2 aliphatic rings. The van der Waals surface area contributed by atoms with Crippen molar-refractivity contribution >= 4 is 46.6 Å². The highest BCUT2D eigenvalue weighted by Crippen LogP contribution is 2.29. The molecule has 2 fully saturated rings. The van der Waals surface area contributed by atoms with E-state index in [0.29, 0.717) is 22.9 Å². The number of rotatable bonds is 7. The molecule has 0 radical (unpaired) electrons. The molecule has 4 rings (SSSR count). The zero-order valence-electron chi connectivity index (χ0n) is 17.0. The van der Waals surface area contributed by atoms with Crippen LogP contribution in [0.25, 0.3) is 16.5 Å². The third-order valence-corrected chi connectivity index (χ3v) is 6.39. The highest BCUT2D eigenvalue weighted by molar-refractivity contribution is 7.80. The van der Waals surface area contributed by atoms with E-state index in [1.54, 1.807) is 17.4 Å². The van der Waals surface area contributed by atoms with Gasteiger partial charge in [0.15, 0.2) is 5.11 Å². The maximum absolute atomic E-state index is 12.4. The first-order valence-electron chi connectivity index (χ1n) is 10.2. The highest BCUT2D eigenvalue weighted by Gasteiger charge is 2.20. The first-order valence-corrected chi connectivity index (χ1v) is 11.4. The van der Waals surface area contributed by atoms with Crippen LogP contribution in [0, 0.1) is 0 Å². The number of benzene rings is 1. The summed E-state index contributed by atoms with van der Waals surface area (Å²) in [5.41, 5.74) is 2.12. The van der Waals surface area contributed by atoms with E-state index in [1.807, 2.05) is 36.4 Å². The van der Waals surface area contributed by atoms with Crippen molar-refractivity contribution in [2.45, 2.75) is 6.42 Å². The molecule has 31 heavy (non-hydrogen) atoms. The second kappa shape index (κ2) is 10.1. The van der Waals surface area contributed by atoms with Crippen molar-refractivity contribution in [2.24, 2.45) is 0 Å². The molecule has 162 valence electrons. The van der Waals surface area contributed by atoms with E-state index in [1.165, 1.54) is 0 Å². The summed E-state index contributed by atoms with van der Waals surface area (Å²) in [5, 5.41) is 8.71. The molecule has 2 saturated heterocycles. The number of thiocarbonyl (C=S) groups is 1. The molecule has 0 aliphatic carbocycles. The molecule has 0 unspecified atom stereocenters. The van der Waals surface area contributed by atoms with Gasteiger partial charge in [-0.05, 0) is 61.1 Å². The fraction of sp³-hybridized carbons (Fsp3) is 0.318. The first-order chi connectivity index (χ1) is 15.1. The Morgan fingerprint density at radius 3 is 2.65 bits per heavy atom. The fourth-order valence-corrected chi connectivity index (χ4v) is 4.59. The van der Waals surface area contributed by atoms with Crippen LogP contribution in [0.2, 0.25) is 0 Å². The number of ether oxygens (including phenoxy) is 1. The standard InChI is InChI=1S/C22H24N4O3S2/c27-20(23-8-1-9-26-10-12-29-13-11-26)16-4-2-15(3-5-16)19-7-6-17(31-19)14-18-21(28)25-22(30)24-18/h2-7,14H,1,8-13H2,(H,23,27)(H2,24,25,28,30). The Hall–Kier alpha value is -2.59. The number of nitrogens with one attached hydrogen (secondary N) is 3. The van der Waals surface area contributed by atoms with Crippen LogP contribution in [0.15, 0.2) is 42.1 Å². The summed E-state index contributed by atoms with van der Waals surface area (Å²) in [6, 6.07) is 11.5. The van der Waals surface area contributed by atoms with E-state index in [-0.39, 0.29) is 11.8 Å². The quantitative estimate of drug-likeness (QED) is 0.337. The molecule has 0 bridgehead atoms. The average molecular weight is 457 g/mol. The van der Waals surface area contributed by atoms with Crippen LogP contribution < -0.4 is 16.0 Å². The third-order valence-electron chi connectivity index (χ3n) is 5.11. The van der Waals surface area contributed by atoms with Crippen LogP contribution in [0.1, 0.15) is 21.7 Å². The maximum atomic E-state index is 12.4. The van der Waals surface area contributed by atoms with Gasteiger partial charge in [-0.25, -0.2) is 0 Å². The van der Waals surface area contributed by atoms with Crippen molar-refractivity contribution in [1.29, 1.82) is 0 Å². The van der Waals surface area contributed by atoms with Gasteiger partial charge in [-0.15, -0.1) is 11.3 Å². The first kappa shape index (κ1) is 21.6. The highest BCUT2D eigenvalue weighted by atomic mass is 32.1. The Labute approximate surface area is 190 Å². The number of hydrogen-bond acceptors (Lipinski definition) is 6. The van der Waals surface area contributed by atoms with Gasteiger partial charge in [-0.3, -0.25) is 19.8 Å². The topological polar surface area (TPSA) is 82.7 Å². The molecule has 7 nitrogen and oxygen atoms in total. The van der Waals surface area contributed by atoms with E-state index in [2.05, 4.69) is 20.9 Å². The van der Waals surface area contributed by atoms with Crippen molar-refractivity contribution in [3.8, 4) is 10.4 Å². The lowest BCUT2D eigenvalue weighted by atomic mass is 10.1. The van der Waals surface area contributed by atoms with E-state index in [4.69, 9.17) is 17.0 Å². The minimum atomic E-state index is -0.222. The Morgan fingerprint density at radius 1 is 1.16 bits per heavy atom. The van der Waals surface area contributed by atoms with Crippen LogP contribution >= 0.6 is 23.6 Å². The molecule has 0 spiro atoms. The fourth-order valence-electron chi connectivity index (χ4n) is 3.43. The van der Waals surface area contributed by atoms with Gasteiger partial charge < -0.3 is 15.4 Å². The summed E-state index contributed by atoms with van der Waals surface area (Å²) in [6.45, 7) is 5.15. The number of morpholine rings is 1. The molecule has 1 aromatic heterocycles. The predicted molar refractivity (Wildman–Crippen MR) is 126 cm³/mol. The Balaban J connectivity index is 1.29. The van der Waals surface area contributed by atoms with Gasteiger partial charge in [-0.2, -0.15) is 0 Å². The Bertz CT molecular complexity index is 994. The van der Waals surface area contributed by atoms with Gasteiger partial charge >= 0.3 is 0 Å².